The maximum atomic E-state index is 11.5. The summed E-state index contributed by atoms with van der Waals surface area (Å²) in [5.74, 6) is -1.80. The molecule has 0 aliphatic heterocycles. The highest BCUT2D eigenvalue weighted by Crippen LogP contribution is 2.22. The minimum atomic E-state index is -3.44. The number of carboxylic acid groups (broad SMARTS) is 1. The van der Waals surface area contributed by atoms with Gasteiger partial charge in [0.2, 0.25) is 15.8 Å². The van der Waals surface area contributed by atoms with Crippen molar-refractivity contribution >= 4 is 27.5 Å². The lowest BCUT2D eigenvalue weighted by atomic mass is 10.2. The van der Waals surface area contributed by atoms with Gasteiger partial charge in [-0.15, -0.1) is 0 Å². The van der Waals surface area contributed by atoms with Gasteiger partial charge in [-0.1, -0.05) is 0 Å². The van der Waals surface area contributed by atoms with Gasteiger partial charge in [0.05, 0.1) is 16.2 Å². The summed E-state index contributed by atoms with van der Waals surface area (Å²) in [5.41, 5.74) is -0.856. The number of nitrogens with zero attached hydrogens (tertiary/aromatic N) is 3. The standard InChI is InChI=1S/C10H14N4O6S/c1-13(2)21(19,20)4-3-11-9-8(14(17)18)5-7(6-12-9)10(15)16/h5-6H,3-4H2,1-2H3,(H,11,12)(H,15,16). The minimum Gasteiger partial charge on any atom is -0.478 e. The average Bonchev–Trinajstić information content (AvgIpc) is 2.38. The lowest BCUT2D eigenvalue weighted by Crippen LogP contribution is -2.28. The predicted octanol–water partition coefficient (Wildman–Crippen LogP) is -0.00870. The van der Waals surface area contributed by atoms with Gasteiger partial charge < -0.3 is 10.4 Å². The van der Waals surface area contributed by atoms with Crippen molar-refractivity contribution in [3.63, 3.8) is 0 Å². The summed E-state index contributed by atoms with van der Waals surface area (Å²) in [4.78, 5) is 24.5. The second-order valence-corrected chi connectivity index (χ2v) is 6.48. The molecule has 0 unspecified atom stereocenters. The Morgan fingerprint density at radius 3 is 2.62 bits per heavy atom. The fourth-order valence-electron chi connectivity index (χ4n) is 1.33. The first-order valence-corrected chi connectivity index (χ1v) is 7.28. The molecule has 10 nitrogen and oxygen atoms in total. The Hall–Kier alpha value is -2.27. The molecule has 0 atom stereocenters. The van der Waals surface area contributed by atoms with Gasteiger partial charge in [0.25, 0.3) is 0 Å². The maximum Gasteiger partial charge on any atom is 0.337 e. The summed E-state index contributed by atoms with van der Waals surface area (Å²) < 4.78 is 24.1. The van der Waals surface area contributed by atoms with Crippen molar-refractivity contribution in [1.29, 1.82) is 0 Å². The van der Waals surface area contributed by atoms with Crippen molar-refractivity contribution in [2.75, 3.05) is 31.7 Å². The van der Waals surface area contributed by atoms with Crippen LogP contribution in [0.25, 0.3) is 0 Å². The van der Waals surface area contributed by atoms with Gasteiger partial charge in [-0.3, -0.25) is 10.1 Å². The SMILES string of the molecule is CN(C)S(=O)(=O)CCNc1ncc(C(=O)O)cc1[N+](=O)[O-]. The smallest absolute Gasteiger partial charge is 0.337 e. The van der Waals surface area contributed by atoms with Crippen LogP contribution in [0.1, 0.15) is 10.4 Å². The first-order valence-electron chi connectivity index (χ1n) is 5.67. The number of hydrogen-bond donors (Lipinski definition) is 2. The Labute approximate surface area is 120 Å². The fraction of sp³-hybridized carbons (Fsp3) is 0.400. The fourth-order valence-corrected chi connectivity index (χ4v) is 2.05. The molecular weight excluding hydrogens is 304 g/mol. The second kappa shape index (κ2) is 6.45. The molecule has 1 heterocycles. The van der Waals surface area contributed by atoms with E-state index in [9.17, 15) is 23.3 Å². The number of nitrogens with one attached hydrogen (secondary N) is 1. The molecule has 0 saturated carbocycles. The second-order valence-electron chi connectivity index (χ2n) is 4.18. The largest absolute Gasteiger partial charge is 0.478 e. The third-order valence-corrected chi connectivity index (χ3v) is 4.35. The number of rotatable bonds is 7. The summed E-state index contributed by atoms with van der Waals surface area (Å²) in [6.45, 7) is -0.0965. The molecular formula is C10H14N4O6S. The van der Waals surface area contributed by atoms with Crippen LogP contribution in [0.2, 0.25) is 0 Å². The van der Waals surface area contributed by atoms with E-state index in [2.05, 4.69) is 10.3 Å². The number of carboxylic acids is 1. The van der Waals surface area contributed by atoms with Gasteiger partial charge >= 0.3 is 11.7 Å². The molecule has 0 aliphatic carbocycles. The van der Waals surface area contributed by atoms with Gasteiger partial charge in [0.1, 0.15) is 0 Å². The minimum absolute atomic E-state index is 0.0965. The Morgan fingerprint density at radius 2 is 2.14 bits per heavy atom. The van der Waals surface area contributed by atoms with Crippen molar-refractivity contribution in [1.82, 2.24) is 9.29 Å². The number of aromatic carboxylic acids is 1. The van der Waals surface area contributed by atoms with Crippen LogP contribution in [-0.2, 0) is 10.0 Å². The summed E-state index contributed by atoms with van der Waals surface area (Å²) >= 11 is 0. The summed E-state index contributed by atoms with van der Waals surface area (Å²) in [7, 11) is -0.699. The van der Waals surface area contributed by atoms with Gasteiger partial charge in [0.15, 0.2) is 0 Å². The zero-order valence-corrected chi connectivity index (χ0v) is 12.1. The number of pyridine rings is 1. The molecule has 11 heteroatoms. The number of carbonyl (C=O) groups is 1. The normalized spacial score (nSPS) is 11.4. The molecule has 1 aromatic heterocycles. The number of nitro groups is 1. The van der Waals surface area contributed by atoms with Gasteiger partial charge in [0, 0.05) is 32.9 Å². The zero-order valence-electron chi connectivity index (χ0n) is 11.3. The lowest BCUT2D eigenvalue weighted by molar-refractivity contribution is -0.384. The maximum absolute atomic E-state index is 11.5. The Balaban J connectivity index is 2.89. The van der Waals surface area contributed by atoms with E-state index in [4.69, 9.17) is 5.11 Å². The highest BCUT2D eigenvalue weighted by molar-refractivity contribution is 7.89. The molecule has 0 amide bonds. The zero-order chi connectivity index (χ0) is 16.2. The van der Waals surface area contributed by atoms with Crippen LogP contribution in [0.3, 0.4) is 0 Å². The highest BCUT2D eigenvalue weighted by Gasteiger charge is 2.20. The number of hydrogen-bond acceptors (Lipinski definition) is 7. The molecule has 1 aromatic rings. The van der Waals surface area contributed by atoms with E-state index in [1.807, 2.05) is 0 Å². The van der Waals surface area contributed by atoms with E-state index >= 15 is 0 Å². The molecule has 0 bridgehead atoms. The van der Waals surface area contributed by atoms with Gasteiger partial charge in [-0.25, -0.2) is 22.5 Å². The van der Waals surface area contributed by atoms with Crippen molar-refractivity contribution in [2.24, 2.45) is 0 Å². The first kappa shape index (κ1) is 16.8. The van der Waals surface area contributed by atoms with Crippen LogP contribution in [0.5, 0.6) is 0 Å². The van der Waals surface area contributed by atoms with Gasteiger partial charge in [-0.2, -0.15) is 0 Å². The molecule has 0 aromatic carbocycles. The van der Waals surface area contributed by atoms with E-state index in [1.54, 1.807) is 0 Å². The molecule has 116 valence electrons. The van der Waals surface area contributed by atoms with Gasteiger partial charge in [-0.05, 0) is 0 Å². The van der Waals surface area contributed by atoms with E-state index in [0.29, 0.717) is 0 Å². The topological polar surface area (TPSA) is 143 Å². The predicted molar refractivity (Wildman–Crippen MR) is 73.8 cm³/mol. The summed E-state index contributed by atoms with van der Waals surface area (Å²) in [6.07, 6.45) is 0.956. The summed E-state index contributed by atoms with van der Waals surface area (Å²) in [5, 5.41) is 22.1. The Kier molecular flexibility index (Phi) is 5.16. The molecule has 21 heavy (non-hydrogen) atoms. The Bertz CT molecular complexity index is 658. The molecule has 1 rings (SSSR count). The summed E-state index contributed by atoms with van der Waals surface area (Å²) in [6, 6.07) is 0.859. The average molecular weight is 318 g/mol. The monoisotopic (exact) mass is 318 g/mol. The molecule has 2 N–H and O–H groups in total. The van der Waals surface area contributed by atoms with Crippen molar-refractivity contribution in [3.05, 3.63) is 27.9 Å². The van der Waals surface area contributed by atoms with E-state index in [1.165, 1.54) is 14.1 Å². The quantitative estimate of drug-likeness (QED) is 0.528. The van der Waals surface area contributed by atoms with Crippen LogP contribution in [0.4, 0.5) is 11.5 Å². The van der Waals surface area contributed by atoms with E-state index in [-0.39, 0.29) is 23.7 Å². The number of anilines is 1. The Morgan fingerprint density at radius 1 is 1.52 bits per heavy atom. The third-order valence-electron chi connectivity index (χ3n) is 2.52. The van der Waals surface area contributed by atoms with Crippen molar-refractivity contribution < 1.29 is 23.2 Å². The third kappa shape index (κ3) is 4.36. The van der Waals surface area contributed by atoms with Crippen LogP contribution >= 0.6 is 0 Å². The van der Waals surface area contributed by atoms with E-state index in [0.717, 1.165) is 16.6 Å². The van der Waals surface area contributed by atoms with Crippen LogP contribution in [0, 0.1) is 10.1 Å². The molecule has 0 saturated heterocycles. The van der Waals surface area contributed by atoms with Crippen molar-refractivity contribution in [3.8, 4) is 0 Å². The van der Waals surface area contributed by atoms with Crippen LogP contribution in [-0.4, -0.2) is 60.1 Å². The highest BCUT2D eigenvalue weighted by atomic mass is 32.2. The molecule has 0 radical (unpaired) electrons. The van der Waals surface area contributed by atoms with Crippen LogP contribution in [0.15, 0.2) is 12.3 Å². The number of aromatic nitrogens is 1. The van der Waals surface area contributed by atoms with Crippen LogP contribution < -0.4 is 5.32 Å². The van der Waals surface area contributed by atoms with Crippen molar-refractivity contribution in [2.45, 2.75) is 0 Å². The number of sulfonamides is 1. The molecule has 0 aliphatic rings. The van der Waals surface area contributed by atoms with E-state index < -0.39 is 26.6 Å². The molecule has 0 fully saturated rings. The lowest BCUT2D eigenvalue weighted by Gasteiger charge is -2.11. The first-order chi connectivity index (χ1) is 9.65. The molecule has 0 spiro atoms.